The van der Waals surface area contributed by atoms with Crippen molar-refractivity contribution in [3.05, 3.63) is 48.0 Å². The average molecular weight is 431 g/mol. The number of nitrogens with zero attached hydrogens (tertiary/aromatic N) is 1. The fraction of sp³-hybridized carbons (Fsp3) is 0.409. The molecule has 2 heterocycles. The molecule has 0 aromatic heterocycles. The van der Waals surface area contributed by atoms with E-state index in [0.29, 0.717) is 50.6 Å². The lowest BCUT2D eigenvalue weighted by molar-refractivity contribution is -0.120. The predicted molar refractivity (Wildman–Crippen MR) is 113 cm³/mol. The predicted octanol–water partition coefficient (Wildman–Crippen LogP) is 3.06. The first-order chi connectivity index (χ1) is 14.5. The average Bonchev–Trinajstić information content (AvgIpc) is 2.79. The Labute approximate surface area is 177 Å². The number of fused-ring (bicyclic) bond motifs is 1. The van der Waals surface area contributed by atoms with Crippen LogP contribution in [-0.4, -0.2) is 44.9 Å². The maximum atomic E-state index is 13.0. The third-order valence-electron chi connectivity index (χ3n) is 5.61. The maximum Gasteiger partial charge on any atom is 0.243 e. The number of carbonyl (C=O) groups is 1. The number of ether oxygens (including phenoxy) is 2. The van der Waals surface area contributed by atoms with Gasteiger partial charge in [-0.15, -0.1) is 0 Å². The highest BCUT2D eigenvalue weighted by molar-refractivity contribution is 7.89. The first kappa shape index (κ1) is 20.7. The summed E-state index contributed by atoms with van der Waals surface area (Å²) in [5, 5.41) is 2.95. The third-order valence-corrected chi connectivity index (χ3v) is 7.50. The molecule has 2 aromatic carbocycles. The molecule has 0 spiro atoms. The zero-order chi connectivity index (χ0) is 21.1. The van der Waals surface area contributed by atoms with Crippen LogP contribution in [0.4, 0.5) is 5.69 Å². The van der Waals surface area contributed by atoms with Gasteiger partial charge in [0, 0.05) is 30.8 Å². The molecule has 1 amide bonds. The Morgan fingerprint density at radius 3 is 2.37 bits per heavy atom. The molecule has 4 rings (SSSR count). The molecule has 30 heavy (non-hydrogen) atoms. The van der Waals surface area contributed by atoms with Gasteiger partial charge >= 0.3 is 0 Å². The second-order valence-electron chi connectivity index (χ2n) is 7.52. The zero-order valence-corrected chi connectivity index (χ0v) is 17.8. The van der Waals surface area contributed by atoms with Gasteiger partial charge in [-0.1, -0.05) is 19.1 Å². The fourth-order valence-corrected chi connectivity index (χ4v) is 5.25. The van der Waals surface area contributed by atoms with Gasteiger partial charge in [0.05, 0.1) is 4.90 Å². The van der Waals surface area contributed by atoms with Crippen molar-refractivity contribution >= 4 is 21.6 Å². The summed E-state index contributed by atoms with van der Waals surface area (Å²) in [6.45, 7) is 3.56. The Morgan fingerprint density at radius 1 is 1.03 bits per heavy atom. The summed E-state index contributed by atoms with van der Waals surface area (Å²) < 4.78 is 38.5. The number of hydrogen-bond donors (Lipinski definition) is 1. The lowest BCUT2D eigenvalue weighted by Crippen LogP contribution is -2.41. The van der Waals surface area contributed by atoms with E-state index in [9.17, 15) is 13.2 Å². The topological polar surface area (TPSA) is 84.9 Å². The molecule has 2 aromatic rings. The molecule has 1 fully saturated rings. The Balaban J connectivity index is 1.38. The van der Waals surface area contributed by atoms with Crippen LogP contribution in [0.3, 0.4) is 0 Å². The Hall–Kier alpha value is -2.58. The van der Waals surface area contributed by atoms with E-state index in [0.717, 1.165) is 12.1 Å². The molecular weight excluding hydrogens is 404 g/mol. The highest BCUT2D eigenvalue weighted by Gasteiger charge is 2.32. The summed E-state index contributed by atoms with van der Waals surface area (Å²) in [7, 11) is -3.65. The smallest absolute Gasteiger partial charge is 0.243 e. The van der Waals surface area contributed by atoms with Crippen molar-refractivity contribution in [2.45, 2.75) is 31.1 Å². The summed E-state index contributed by atoms with van der Waals surface area (Å²) in [6.07, 6.45) is 1.93. The number of carbonyl (C=O) groups excluding carboxylic acids is 1. The first-order valence-corrected chi connectivity index (χ1v) is 11.7. The van der Waals surface area contributed by atoms with E-state index in [4.69, 9.17) is 9.47 Å². The molecule has 160 valence electrons. The minimum atomic E-state index is -3.65. The standard InChI is InChI=1S/C22H26N2O5S/c1-2-16-3-5-18(6-4-16)23-22(25)17-9-11-24(12-10-17)30(26,27)19-7-8-20-21(15-19)29-14-13-28-20/h3-8,15,17H,2,9-14H2,1H3,(H,23,25). The first-order valence-electron chi connectivity index (χ1n) is 10.3. The quantitative estimate of drug-likeness (QED) is 0.788. The highest BCUT2D eigenvalue weighted by Crippen LogP contribution is 2.34. The number of sulfonamides is 1. The van der Waals surface area contributed by atoms with Crippen LogP contribution in [0.2, 0.25) is 0 Å². The number of benzene rings is 2. The largest absolute Gasteiger partial charge is 0.486 e. The van der Waals surface area contributed by atoms with Gasteiger partial charge in [0.2, 0.25) is 15.9 Å². The number of amides is 1. The molecule has 7 nitrogen and oxygen atoms in total. The van der Waals surface area contributed by atoms with Gasteiger partial charge in [0.1, 0.15) is 13.2 Å². The Kier molecular flexibility index (Phi) is 5.97. The van der Waals surface area contributed by atoms with Crippen molar-refractivity contribution in [2.24, 2.45) is 5.92 Å². The molecule has 1 saturated heterocycles. The van der Waals surface area contributed by atoms with Crippen LogP contribution >= 0.6 is 0 Å². The van der Waals surface area contributed by atoms with Crippen molar-refractivity contribution in [2.75, 3.05) is 31.6 Å². The number of piperidine rings is 1. The summed E-state index contributed by atoms with van der Waals surface area (Å²) in [4.78, 5) is 12.8. The number of hydrogen-bond acceptors (Lipinski definition) is 5. The van der Waals surface area contributed by atoms with Crippen molar-refractivity contribution < 1.29 is 22.7 Å². The van der Waals surface area contributed by atoms with Gasteiger partial charge in [-0.25, -0.2) is 8.42 Å². The van der Waals surface area contributed by atoms with Gasteiger partial charge in [0.15, 0.2) is 11.5 Å². The van der Waals surface area contributed by atoms with Crippen molar-refractivity contribution in [3.8, 4) is 11.5 Å². The normalized spacial score (nSPS) is 17.5. The van der Waals surface area contributed by atoms with Crippen LogP contribution in [0.25, 0.3) is 0 Å². The van der Waals surface area contributed by atoms with Gasteiger partial charge in [-0.3, -0.25) is 4.79 Å². The lowest BCUT2D eigenvalue weighted by Gasteiger charge is -2.30. The van der Waals surface area contributed by atoms with Crippen LogP contribution in [-0.2, 0) is 21.2 Å². The van der Waals surface area contributed by atoms with Gasteiger partial charge < -0.3 is 14.8 Å². The summed E-state index contributed by atoms with van der Waals surface area (Å²) >= 11 is 0. The number of nitrogens with one attached hydrogen (secondary N) is 1. The van der Waals surface area contributed by atoms with E-state index < -0.39 is 10.0 Å². The number of anilines is 1. The Morgan fingerprint density at radius 2 is 1.70 bits per heavy atom. The molecule has 1 N–H and O–H groups in total. The van der Waals surface area contributed by atoms with Crippen LogP contribution in [0, 0.1) is 5.92 Å². The number of rotatable bonds is 5. The van der Waals surface area contributed by atoms with Crippen LogP contribution < -0.4 is 14.8 Å². The summed E-state index contributed by atoms with van der Waals surface area (Å²) in [6, 6.07) is 12.5. The van der Waals surface area contributed by atoms with E-state index in [1.807, 2.05) is 24.3 Å². The van der Waals surface area contributed by atoms with Crippen molar-refractivity contribution in [3.63, 3.8) is 0 Å². The van der Waals surface area contributed by atoms with E-state index in [1.54, 1.807) is 12.1 Å². The van der Waals surface area contributed by atoms with E-state index in [2.05, 4.69) is 12.2 Å². The monoisotopic (exact) mass is 430 g/mol. The van der Waals surface area contributed by atoms with E-state index in [1.165, 1.54) is 15.9 Å². The van der Waals surface area contributed by atoms with E-state index >= 15 is 0 Å². The van der Waals surface area contributed by atoms with Crippen LogP contribution in [0.1, 0.15) is 25.3 Å². The Bertz CT molecular complexity index is 1010. The number of aryl methyl sites for hydroxylation is 1. The van der Waals surface area contributed by atoms with Crippen molar-refractivity contribution in [1.29, 1.82) is 0 Å². The highest BCUT2D eigenvalue weighted by atomic mass is 32.2. The molecule has 0 saturated carbocycles. The second kappa shape index (κ2) is 8.65. The van der Waals surface area contributed by atoms with E-state index in [-0.39, 0.29) is 16.7 Å². The summed E-state index contributed by atoms with van der Waals surface area (Å²) in [5.41, 5.74) is 1.98. The molecule has 8 heteroatoms. The van der Waals surface area contributed by atoms with Gasteiger partial charge in [-0.05, 0) is 49.1 Å². The molecule has 0 radical (unpaired) electrons. The molecule has 0 unspecified atom stereocenters. The molecule has 0 bridgehead atoms. The van der Waals surface area contributed by atoms with Crippen molar-refractivity contribution in [1.82, 2.24) is 4.31 Å². The molecular formula is C22H26N2O5S. The molecule has 2 aliphatic rings. The molecule has 0 atom stereocenters. The third kappa shape index (κ3) is 4.29. The van der Waals surface area contributed by atoms with Crippen LogP contribution in [0.15, 0.2) is 47.4 Å². The molecule has 0 aliphatic carbocycles. The minimum Gasteiger partial charge on any atom is -0.486 e. The van der Waals surface area contributed by atoms with Crippen LogP contribution in [0.5, 0.6) is 11.5 Å². The lowest BCUT2D eigenvalue weighted by atomic mass is 9.97. The van der Waals surface area contributed by atoms with Gasteiger partial charge in [-0.2, -0.15) is 4.31 Å². The zero-order valence-electron chi connectivity index (χ0n) is 17.0. The summed E-state index contributed by atoms with van der Waals surface area (Å²) in [5.74, 6) is 0.742. The molecule has 2 aliphatic heterocycles. The van der Waals surface area contributed by atoms with Gasteiger partial charge in [0.25, 0.3) is 0 Å². The fourth-order valence-electron chi connectivity index (χ4n) is 3.76. The SMILES string of the molecule is CCc1ccc(NC(=O)C2CCN(S(=O)(=O)c3ccc4c(c3)OCCO4)CC2)cc1. The second-order valence-corrected chi connectivity index (χ2v) is 9.46. The minimum absolute atomic E-state index is 0.0596. The maximum absolute atomic E-state index is 13.0.